The summed E-state index contributed by atoms with van der Waals surface area (Å²) in [7, 11) is 0. The minimum atomic E-state index is 0.0251. The van der Waals surface area contributed by atoms with Crippen molar-refractivity contribution in [2.45, 2.75) is 19.8 Å². The molecule has 0 fully saturated rings. The molecule has 18 heavy (non-hydrogen) atoms. The number of thiocarbonyl (C=S) groups is 1. The van der Waals surface area contributed by atoms with Crippen LogP contribution >= 0.6 is 12.2 Å². The van der Waals surface area contributed by atoms with E-state index in [0.717, 1.165) is 6.42 Å². The molecule has 0 radical (unpaired) electrons. The van der Waals surface area contributed by atoms with Gasteiger partial charge in [0.2, 0.25) is 5.91 Å². The molecule has 0 aromatic carbocycles. The molecular weight excluding hydrogens is 248 g/mol. The van der Waals surface area contributed by atoms with Crippen molar-refractivity contribution in [3.05, 3.63) is 23.9 Å². The summed E-state index contributed by atoms with van der Waals surface area (Å²) in [5.74, 6) is 0.644. The highest BCUT2D eigenvalue weighted by Crippen LogP contribution is 2.10. The molecule has 1 aromatic heterocycles. The van der Waals surface area contributed by atoms with Gasteiger partial charge in [-0.3, -0.25) is 4.79 Å². The second-order valence-corrected chi connectivity index (χ2v) is 4.23. The number of rotatable bonds is 7. The van der Waals surface area contributed by atoms with E-state index in [1.54, 1.807) is 18.3 Å². The van der Waals surface area contributed by atoms with Gasteiger partial charge in [0.1, 0.15) is 10.8 Å². The van der Waals surface area contributed by atoms with Crippen molar-refractivity contribution >= 4 is 28.9 Å². The molecule has 0 aliphatic carbocycles. The summed E-state index contributed by atoms with van der Waals surface area (Å²) in [4.78, 5) is 15.8. The highest BCUT2D eigenvalue weighted by atomic mass is 32.1. The van der Waals surface area contributed by atoms with Crippen molar-refractivity contribution in [2.24, 2.45) is 5.73 Å². The molecule has 0 aliphatic heterocycles. The lowest BCUT2D eigenvalue weighted by Crippen LogP contribution is -2.26. The summed E-state index contributed by atoms with van der Waals surface area (Å²) in [5.41, 5.74) is 6.28. The van der Waals surface area contributed by atoms with Gasteiger partial charge in [0, 0.05) is 25.7 Å². The molecule has 0 aliphatic rings. The Kier molecular flexibility index (Phi) is 6.07. The molecule has 4 N–H and O–H groups in total. The second-order valence-electron chi connectivity index (χ2n) is 3.79. The van der Waals surface area contributed by atoms with Crippen molar-refractivity contribution in [2.75, 3.05) is 18.4 Å². The Morgan fingerprint density at radius 3 is 2.94 bits per heavy atom. The summed E-state index contributed by atoms with van der Waals surface area (Å²) in [6.45, 7) is 3.23. The Bertz CT molecular complexity index is 422. The van der Waals surface area contributed by atoms with E-state index >= 15 is 0 Å². The SMILES string of the molecule is CCCNC(=O)CCNc1ncccc1C(N)=S. The highest BCUT2D eigenvalue weighted by Gasteiger charge is 2.06. The van der Waals surface area contributed by atoms with Gasteiger partial charge in [-0.1, -0.05) is 19.1 Å². The van der Waals surface area contributed by atoms with Crippen molar-refractivity contribution in [1.29, 1.82) is 0 Å². The summed E-state index contributed by atoms with van der Waals surface area (Å²) < 4.78 is 0. The van der Waals surface area contributed by atoms with Gasteiger partial charge in [0.05, 0.1) is 5.56 Å². The number of nitrogens with two attached hydrogens (primary N) is 1. The van der Waals surface area contributed by atoms with Crippen LogP contribution in [0.3, 0.4) is 0 Å². The lowest BCUT2D eigenvalue weighted by molar-refractivity contribution is -0.120. The topological polar surface area (TPSA) is 80.0 Å². The zero-order chi connectivity index (χ0) is 13.4. The number of aromatic nitrogens is 1. The van der Waals surface area contributed by atoms with E-state index in [9.17, 15) is 4.79 Å². The molecule has 1 amide bonds. The number of carbonyl (C=O) groups is 1. The lowest BCUT2D eigenvalue weighted by Gasteiger charge is -2.09. The first kappa shape index (κ1) is 14.4. The number of carbonyl (C=O) groups excluding carboxylic acids is 1. The molecule has 98 valence electrons. The number of nitrogens with one attached hydrogen (secondary N) is 2. The van der Waals surface area contributed by atoms with Crippen LogP contribution in [0.5, 0.6) is 0 Å². The first-order valence-corrected chi connectivity index (χ1v) is 6.31. The van der Waals surface area contributed by atoms with Crippen LogP contribution in [-0.4, -0.2) is 29.0 Å². The predicted octanol–water partition coefficient (Wildman–Crippen LogP) is 1.04. The Morgan fingerprint density at radius 1 is 1.50 bits per heavy atom. The van der Waals surface area contributed by atoms with Gasteiger partial charge in [-0.25, -0.2) is 4.98 Å². The Hall–Kier alpha value is -1.69. The van der Waals surface area contributed by atoms with Crippen LogP contribution in [0.25, 0.3) is 0 Å². The molecule has 0 saturated heterocycles. The standard InChI is InChI=1S/C12H18N4OS/c1-2-6-14-10(17)5-8-16-12-9(11(13)18)4-3-7-15-12/h3-4,7H,2,5-6,8H2,1H3,(H2,13,18)(H,14,17)(H,15,16). The summed E-state index contributed by atoms with van der Waals surface area (Å²) in [5, 5.41) is 5.87. The normalized spacial score (nSPS) is 9.83. The van der Waals surface area contributed by atoms with E-state index in [-0.39, 0.29) is 5.91 Å². The molecule has 5 nitrogen and oxygen atoms in total. The van der Waals surface area contributed by atoms with E-state index in [4.69, 9.17) is 18.0 Å². The fourth-order valence-electron chi connectivity index (χ4n) is 1.39. The molecule has 0 saturated carbocycles. The van der Waals surface area contributed by atoms with Crippen LogP contribution in [0.15, 0.2) is 18.3 Å². The highest BCUT2D eigenvalue weighted by molar-refractivity contribution is 7.80. The molecule has 0 unspecified atom stereocenters. The van der Waals surface area contributed by atoms with Gasteiger partial charge in [-0.15, -0.1) is 0 Å². The number of pyridine rings is 1. The lowest BCUT2D eigenvalue weighted by atomic mass is 10.2. The summed E-state index contributed by atoms with van der Waals surface area (Å²) >= 11 is 4.93. The molecule has 0 atom stereocenters. The van der Waals surface area contributed by atoms with Gasteiger partial charge < -0.3 is 16.4 Å². The van der Waals surface area contributed by atoms with Gasteiger partial charge in [0.15, 0.2) is 0 Å². The van der Waals surface area contributed by atoms with E-state index in [1.165, 1.54) is 0 Å². The molecule has 1 rings (SSSR count). The maximum Gasteiger partial charge on any atom is 0.221 e. The molecule has 0 bridgehead atoms. The zero-order valence-electron chi connectivity index (χ0n) is 10.4. The van der Waals surface area contributed by atoms with Crippen LogP contribution in [-0.2, 0) is 4.79 Å². The van der Waals surface area contributed by atoms with Gasteiger partial charge in [-0.05, 0) is 18.6 Å². The van der Waals surface area contributed by atoms with Gasteiger partial charge in [-0.2, -0.15) is 0 Å². The van der Waals surface area contributed by atoms with Crippen molar-refractivity contribution in [1.82, 2.24) is 10.3 Å². The fraction of sp³-hybridized carbons (Fsp3) is 0.417. The molecule has 1 heterocycles. The number of hydrogen-bond donors (Lipinski definition) is 3. The number of anilines is 1. The van der Waals surface area contributed by atoms with Crippen LogP contribution in [0.2, 0.25) is 0 Å². The maximum absolute atomic E-state index is 11.4. The Labute approximate surface area is 112 Å². The van der Waals surface area contributed by atoms with E-state index < -0.39 is 0 Å². The minimum absolute atomic E-state index is 0.0251. The predicted molar refractivity (Wildman–Crippen MR) is 76.5 cm³/mol. The number of hydrogen-bond acceptors (Lipinski definition) is 4. The van der Waals surface area contributed by atoms with Crippen LogP contribution in [0, 0.1) is 0 Å². The van der Waals surface area contributed by atoms with Gasteiger partial charge >= 0.3 is 0 Å². The zero-order valence-corrected chi connectivity index (χ0v) is 11.2. The smallest absolute Gasteiger partial charge is 0.221 e. The fourth-order valence-corrected chi connectivity index (χ4v) is 1.56. The molecular formula is C12H18N4OS. The molecule has 1 aromatic rings. The summed E-state index contributed by atoms with van der Waals surface area (Å²) in [6.07, 6.45) is 2.99. The Morgan fingerprint density at radius 2 is 2.28 bits per heavy atom. The van der Waals surface area contributed by atoms with Crippen molar-refractivity contribution < 1.29 is 4.79 Å². The first-order valence-electron chi connectivity index (χ1n) is 5.90. The Balaban J connectivity index is 2.44. The maximum atomic E-state index is 11.4. The number of amides is 1. The van der Waals surface area contributed by atoms with Crippen LogP contribution in [0.4, 0.5) is 5.82 Å². The summed E-state index contributed by atoms with van der Waals surface area (Å²) in [6, 6.07) is 3.57. The first-order chi connectivity index (χ1) is 8.65. The van der Waals surface area contributed by atoms with Crippen molar-refractivity contribution in [3.63, 3.8) is 0 Å². The minimum Gasteiger partial charge on any atom is -0.389 e. The third-order valence-electron chi connectivity index (χ3n) is 2.29. The monoisotopic (exact) mass is 266 g/mol. The van der Waals surface area contributed by atoms with E-state index in [2.05, 4.69) is 15.6 Å². The number of nitrogens with zero attached hydrogens (tertiary/aromatic N) is 1. The van der Waals surface area contributed by atoms with Gasteiger partial charge in [0.25, 0.3) is 0 Å². The third-order valence-corrected chi connectivity index (χ3v) is 2.51. The second kappa shape index (κ2) is 7.60. The average Bonchev–Trinajstić information content (AvgIpc) is 2.36. The average molecular weight is 266 g/mol. The van der Waals surface area contributed by atoms with E-state index in [1.807, 2.05) is 6.92 Å². The quantitative estimate of drug-likeness (QED) is 0.643. The van der Waals surface area contributed by atoms with E-state index in [0.29, 0.717) is 35.9 Å². The largest absolute Gasteiger partial charge is 0.389 e. The van der Waals surface area contributed by atoms with Crippen molar-refractivity contribution in [3.8, 4) is 0 Å². The molecule has 0 spiro atoms. The van der Waals surface area contributed by atoms with Crippen LogP contribution in [0.1, 0.15) is 25.3 Å². The molecule has 6 heteroatoms. The van der Waals surface area contributed by atoms with Crippen LogP contribution < -0.4 is 16.4 Å². The third kappa shape index (κ3) is 4.67.